The van der Waals surface area contributed by atoms with Gasteiger partial charge in [0.1, 0.15) is 11.6 Å². The maximum atomic E-state index is 4.87. The van der Waals surface area contributed by atoms with Crippen molar-refractivity contribution in [3.05, 3.63) is 170 Å². The zero-order chi connectivity index (χ0) is 43.4. The monoisotopic (exact) mass is 1010 g/mol. The van der Waals surface area contributed by atoms with Crippen LogP contribution in [0, 0.1) is 13.8 Å². The van der Waals surface area contributed by atoms with Crippen molar-refractivity contribution in [2.75, 3.05) is 0 Å². The molecule has 0 unspecified atom stereocenters. The number of aryl methyl sites for hydroxylation is 2. The maximum absolute atomic E-state index is 4.87. The van der Waals surface area contributed by atoms with Crippen LogP contribution in [0.25, 0.3) is 121 Å². The molecule has 2 N–H and O–H groups in total. The van der Waals surface area contributed by atoms with Crippen LogP contribution in [-0.2, 0) is 19.5 Å². The number of benzene rings is 5. The first-order chi connectivity index (χ1) is 32.1. The minimum atomic E-state index is -0.0325. The first kappa shape index (κ1) is 41.0. The van der Waals surface area contributed by atoms with Crippen LogP contribution in [0.15, 0.2) is 159 Å². The van der Waals surface area contributed by atoms with E-state index in [9.17, 15) is 0 Å². The molecule has 5 aromatic carbocycles. The molecule has 0 aliphatic carbocycles. The Hall–Kier alpha value is -7.76. The summed E-state index contributed by atoms with van der Waals surface area (Å²) >= 11 is -0.0325. The van der Waals surface area contributed by atoms with Crippen molar-refractivity contribution in [3.63, 3.8) is 0 Å². The second-order valence-corrected chi connectivity index (χ2v) is 16.8. The van der Waals surface area contributed by atoms with Crippen molar-refractivity contribution < 1.29 is 19.5 Å². The van der Waals surface area contributed by atoms with Crippen molar-refractivity contribution in [2.45, 2.75) is 13.8 Å². The Morgan fingerprint density at radius 1 is 0.333 bits per heavy atom. The van der Waals surface area contributed by atoms with E-state index < -0.39 is 0 Å². The zero-order valence-corrected chi connectivity index (χ0v) is 38.7. The molecule has 0 amide bonds. The molecule has 0 bridgehead atoms. The van der Waals surface area contributed by atoms with Gasteiger partial charge in [0.25, 0.3) is 0 Å². The van der Waals surface area contributed by atoms with E-state index in [4.69, 9.17) is 9.97 Å². The molecule has 0 atom stereocenters. The van der Waals surface area contributed by atoms with E-state index >= 15 is 0 Å². The molecule has 66 heavy (non-hydrogen) atoms. The van der Waals surface area contributed by atoms with Crippen LogP contribution in [0.3, 0.4) is 0 Å². The molecule has 0 aliphatic heterocycles. The standard InChI is InChI=1S/2C20H14N4.C12H6N4Se.Ru/c2*1-12-6-8-13(9-7-12)20-23-18-14-4-2-10-21-16(14)17-15(19(18)24-20)5-3-11-22-17;1-3-7-9(13-5-1)10-8(4-2-6-14-10)12-11(7)15-17-16-12;/h2*2-11H,1H3,(H,23,24);1-6H;/q;;;+3. The molecular formula is C52H34N12RuSe+3. The fourth-order valence-corrected chi connectivity index (χ4v) is 9.70. The fourth-order valence-electron chi connectivity index (χ4n) is 8.50. The normalized spacial score (nSPS) is 11.4. The van der Waals surface area contributed by atoms with E-state index in [2.05, 4.69) is 134 Å². The van der Waals surface area contributed by atoms with Gasteiger partial charge in [0, 0.05) is 57.5 Å². The Balaban J connectivity index is 0.000000110. The second-order valence-electron chi connectivity index (χ2n) is 15.7. The second kappa shape index (κ2) is 17.0. The Morgan fingerprint density at radius 2 is 0.621 bits per heavy atom. The van der Waals surface area contributed by atoms with Gasteiger partial charge in [0.2, 0.25) is 0 Å². The average molecular weight is 1010 g/mol. The topological polar surface area (TPSA) is 160 Å². The number of hydrogen-bond acceptors (Lipinski definition) is 10. The molecule has 14 rings (SSSR count). The van der Waals surface area contributed by atoms with Crippen LogP contribution in [0.4, 0.5) is 0 Å². The van der Waals surface area contributed by atoms with Gasteiger partial charge in [-0.05, 0) is 62.4 Å². The third-order valence-corrected chi connectivity index (χ3v) is 12.7. The number of rotatable bonds is 2. The number of fused-ring (bicyclic) bond motifs is 18. The number of aromatic nitrogens is 12. The summed E-state index contributed by atoms with van der Waals surface area (Å²) in [5.41, 5.74) is 15.9. The van der Waals surface area contributed by atoms with Gasteiger partial charge in [-0.25, -0.2) is 9.97 Å². The molecule has 12 nitrogen and oxygen atoms in total. The van der Waals surface area contributed by atoms with E-state index in [1.807, 2.05) is 48.5 Å². The quantitative estimate of drug-likeness (QED) is 0.126. The van der Waals surface area contributed by atoms with Crippen molar-refractivity contribution in [1.29, 1.82) is 0 Å². The van der Waals surface area contributed by atoms with E-state index in [1.54, 1.807) is 37.2 Å². The van der Waals surface area contributed by atoms with E-state index in [0.717, 1.165) is 121 Å². The van der Waals surface area contributed by atoms with Crippen molar-refractivity contribution in [2.24, 2.45) is 0 Å². The predicted molar refractivity (Wildman–Crippen MR) is 261 cm³/mol. The molecule has 0 saturated heterocycles. The van der Waals surface area contributed by atoms with Gasteiger partial charge >= 0.3 is 122 Å². The van der Waals surface area contributed by atoms with Crippen LogP contribution >= 0.6 is 0 Å². The van der Waals surface area contributed by atoms with E-state index in [-0.39, 0.29) is 34.4 Å². The van der Waals surface area contributed by atoms with Gasteiger partial charge in [-0.15, -0.1) is 0 Å². The summed E-state index contributed by atoms with van der Waals surface area (Å²) in [6.07, 6.45) is 10.8. The van der Waals surface area contributed by atoms with E-state index in [0.29, 0.717) is 0 Å². The Labute approximate surface area is 394 Å². The number of pyridine rings is 6. The molecule has 0 aliphatic rings. The molecule has 9 aromatic heterocycles. The number of nitrogens with zero attached hydrogens (tertiary/aromatic N) is 10. The van der Waals surface area contributed by atoms with Crippen LogP contribution in [0.2, 0.25) is 0 Å². The summed E-state index contributed by atoms with van der Waals surface area (Å²) < 4.78 is 9.01. The predicted octanol–water partition coefficient (Wildman–Crippen LogP) is 11.1. The molecule has 0 saturated carbocycles. The number of H-pyrrole nitrogens is 2. The number of aromatic amines is 2. The zero-order valence-electron chi connectivity index (χ0n) is 35.2. The number of imidazole rings is 2. The number of nitrogens with one attached hydrogen (secondary N) is 2. The minimum absolute atomic E-state index is 0. The molecule has 313 valence electrons. The van der Waals surface area contributed by atoms with Gasteiger partial charge in [-0.2, -0.15) is 0 Å². The first-order valence-corrected chi connectivity index (χ1v) is 22.5. The molecular weight excluding hydrogens is 973 g/mol. The van der Waals surface area contributed by atoms with Gasteiger partial charge in [0.05, 0.1) is 44.1 Å². The third-order valence-electron chi connectivity index (χ3n) is 11.6. The van der Waals surface area contributed by atoms with Crippen LogP contribution in [0.5, 0.6) is 0 Å². The third kappa shape index (κ3) is 7.03. The summed E-state index contributed by atoms with van der Waals surface area (Å²) in [6, 6.07) is 40.7. The fraction of sp³-hybridized carbons (Fsp3) is 0.0385. The number of hydrogen-bond donors (Lipinski definition) is 2. The molecule has 14 heteroatoms. The summed E-state index contributed by atoms with van der Waals surface area (Å²) in [6.45, 7) is 4.17. The summed E-state index contributed by atoms with van der Waals surface area (Å²) in [5, 5.41) is 6.24. The van der Waals surface area contributed by atoms with Crippen molar-refractivity contribution in [3.8, 4) is 22.8 Å². The van der Waals surface area contributed by atoms with Gasteiger partial charge in [-0.3, -0.25) is 19.9 Å². The van der Waals surface area contributed by atoms with Crippen LogP contribution < -0.4 is 0 Å². The Morgan fingerprint density at radius 3 is 0.955 bits per heavy atom. The summed E-state index contributed by atoms with van der Waals surface area (Å²) in [7, 11) is 0. The molecule has 0 fully saturated rings. The molecule has 1 radical (unpaired) electrons. The Kier molecular flexibility index (Phi) is 10.5. The first-order valence-electron chi connectivity index (χ1n) is 21.0. The molecule has 14 aromatic rings. The summed E-state index contributed by atoms with van der Waals surface area (Å²) in [5.74, 6) is 1.73. The van der Waals surface area contributed by atoms with Crippen molar-refractivity contribution >= 4 is 113 Å². The average Bonchev–Trinajstić information content (AvgIpc) is 4.16. The van der Waals surface area contributed by atoms with Gasteiger partial charge in [-0.1, -0.05) is 59.7 Å². The summed E-state index contributed by atoms with van der Waals surface area (Å²) in [4.78, 5) is 43.7. The molecule has 9 heterocycles. The van der Waals surface area contributed by atoms with Crippen LogP contribution in [0.1, 0.15) is 11.1 Å². The van der Waals surface area contributed by atoms with Crippen molar-refractivity contribution in [1.82, 2.24) is 57.8 Å². The van der Waals surface area contributed by atoms with Gasteiger partial charge < -0.3 is 9.97 Å². The Bertz CT molecular complexity index is 3700. The molecule has 0 spiro atoms. The van der Waals surface area contributed by atoms with Gasteiger partial charge in [0.15, 0.2) is 0 Å². The van der Waals surface area contributed by atoms with Crippen LogP contribution in [-0.4, -0.2) is 72.8 Å². The SMILES string of the molecule is Cc1ccc(-c2nc3c4cccnc4c4ncccc4c3[nH]2)cc1.Cc1ccc(-c2nc3c4cccnc4c4ncccc4c3[nH]2)cc1.[Ru+3].c1cnc2c(c1)c1n[se]nc1c1cccnc12. The van der Waals surface area contributed by atoms with E-state index in [1.165, 1.54) is 11.1 Å².